The second-order valence-corrected chi connectivity index (χ2v) is 25.3. The van der Waals surface area contributed by atoms with E-state index in [9.17, 15) is 59.0 Å². The Bertz CT molecular complexity index is 4130. The topological polar surface area (TPSA) is 435 Å². The van der Waals surface area contributed by atoms with E-state index in [0.717, 1.165) is 0 Å². The van der Waals surface area contributed by atoms with Gasteiger partial charge in [0.1, 0.15) is 45.7 Å². The number of urea groups is 1. The van der Waals surface area contributed by atoms with Gasteiger partial charge in [-0.15, -0.1) is 20.5 Å². The van der Waals surface area contributed by atoms with Crippen LogP contribution in [0.2, 0.25) is 0 Å². The number of nitrogens with zero attached hydrogens (tertiary/aromatic N) is 8. The molecule has 0 unspecified atom stereocenters. The second kappa shape index (κ2) is 32.1. The molecule has 0 aliphatic rings. The predicted molar refractivity (Wildman–Crippen MR) is 335 cm³/mol. The Morgan fingerprint density at radius 2 is 0.722 bits per heavy atom. The lowest BCUT2D eigenvalue weighted by molar-refractivity contribution is 0.0686. The fourth-order valence-corrected chi connectivity index (χ4v) is 9.73. The number of ether oxygens (including phenoxy) is 4. The number of carboxylic acid groups (broad SMARTS) is 2. The predicted octanol–water partition coefficient (Wildman–Crippen LogP) is 14.2. The van der Waals surface area contributed by atoms with Crippen molar-refractivity contribution in [3.05, 3.63) is 129 Å². The number of anilines is 2. The number of hydrogen-bond acceptors (Lipinski definition) is 23. The Labute approximate surface area is 522 Å². The van der Waals surface area contributed by atoms with Gasteiger partial charge in [0.15, 0.2) is 0 Å². The maximum atomic E-state index is 13.6. The van der Waals surface area contributed by atoms with E-state index in [1.54, 1.807) is 77.9 Å². The van der Waals surface area contributed by atoms with Gasteiger partial charge in [0.05, 0.1) is 77.6 Å². The highest BCUT2D eigenvalue weighted by Crippen LogP contribution is 2.41. The van der Waals surface area contributed by atoms with Crippen molar-refractivity contribution in [2.75, 3.05) is 60.1 Å². The molecule has 0 fully saturated rings. The molecule has 0 bridgehead atoms. The van der Waals surface area contributed by atoms with Crippen LogP contribution in [0.15, 0.2) is 126 Å². The number of benzene rings is 6. The Morgan fingerprint density at radius 3 is 1.08 bits per heavy atom. The molecule has 29 nitrogen and oxygen atoms in total. The lowest BCUT2D eigenvalue weighted by Crippen LogP contribution is -2.20. The van der Waals surface area contributed by atoms with E-state index in [1.165, 1.54) is 48.5 Å². The largest absolute Gasteiger partial charge is 0.494 e. The van der Waals surface area contributed by atoms with Crippen LogP contribution >= 0.6 is 12.0 Å². The van der Waals surface area contributed by atoms with Crippen LogP contribution in [0, 0.1) is 41.5 Å². The van der Waals surface area contributed by atoms with Crippen LogP contribution in [0.1, 0.15) is 79.8 Å². The Morgan fingerprint density at radius 1 is 0.411 bits per heavy atom. The molecule has 6 aromatic rings. The van der Waals surface area contributed by atoms with Crippen molar-refractivity contribution >= 4 is 117 Å². The molecule has 0 heterocycles. The molecule has 0 atom stereocenters. The molecule has 0 spiro atoms. The molecule has 0 saturated carbocycles. The summed E-state index contributed by atoms with van der Waals surface area (Å²) < 4.78 is 127. The van der Waals surface area contributed by atoms with E-state index in [1.807, 2.05) is 0 Å². The summed E-state index contributed by atoms with van der Waals surface area (Å²) in [5.74, 6) is -3.33. The number of rotatable bonds is 32. The summed E-state index contributed by atoms with van der Waals surface area (Å²) in [6.07, 6.45) is 0.292. The summed E-state index contributed by atoms with van der Waals surface area (Å²) in [5, 5.41) is 60.2. The summed E-state index contributed by atoms with van der Waals surface area (Å²) in [6, 6.07) is 20.5. The maximum Gasteiger partial charge on any atom is 0.338 e. The van der Waals surface area contributed by atoms with Gasteiger partial charge in [-0.1, -0.05) is 0 Å². The molecule has 6 rings (SSSR count). The number of aromatic carboxylic acids is 2. The zero-order valence-electron chi connectivity index (χ0n) is 49.3. The first kappa shape index (κ1) is 70.3. The average molecular weight is 1320 g/mol. The van der Waals surface area contributed by atoms with Crippen LogP contribution in [0.25, 0.3) is 0 Å². The number of aryl methyl sites for hydroxylation is 6. The third kappa shape index (κ3) is 22.3. The average Bonchev–Trinajstić information content (AvgIpc) is 1.06. The minimum Gasteiger partial charge on any atom is -0.494 e. The van der Waals surface area contributed by atoms with Gasteiger partial charge < -0.3 is 44.3 Å². The molecule has 8 N–H and O–H groups in total. The first-order valence-electron chi connectivity index (χ1n) is 27.1. The van der Waals surface area contributed by atoms with Crippen LogP contribution in [-0.4, -0.2) is 121 Å². The van der Waals surface area contributed by atoms with Crippen molar-refractivity contribution < 1.29 is 87.0 Å². The van der Waals surface area contributed by atoms with Crippen LogP contribution in [0.4, 0.5) is 61.7 Å². The molecule has 90 heavy (non-hydrogen) atoms. The number of nitrogens with one attached hydrogen (secondary N) is 2. The van der Waals surface area contributed by atoms with Crippen molar-refractivity contribution in [1.82, 2.24) is 0 Å². The smallest absolute Gasteiger partial charge is 0.338 e. The Hall–Kier alpha value is -8.83. The highest BCUT2D eigenvalue weighted by atomic mass is 32.2. The lowest BCUT2D eigenvalue weighted by Gasteiger charge is -2.14. The maximum absolute atomic E-state index is 13.6. The quantitative estimate of drug-likeness (QED) is 0.00841. The van der Waals surface area contributed by atoms with E-state index < -0.39 is 65.6 Å². The van der Waals surface area contributed by atoms with Crippen molar-refractivity contribution in [2.45, 2.75) is 67.2 Å². The zero-order chi connectivity index (χ0) is 65.9. The van der Waals surface area contributed by atoms with E-state index in [-0.39, 0.29) is 114 Å². The molecular weight excluding hydrogens is 1260 g/mol. The SMILES string of the molecule is Cc1cc(NC(=O)Nc2cc(C)c(/N=N\c3cc(C)c(N=Nc4ccc(OCCCS(=O)(=O)O)cc4C(=O)O)cc3OCCCS(=O)(=O)O)cc2C)c(C)cc1N=Nc1cc(C)c(N=Nc2ccc(OCCCSO)cc2C(=O)O)cc1OCCCS(=O)(=O)O. The highest BCUT2D eigenvalue weighted by molar-refractivity contribution is 7.93. The summed E-state index contributed by atoms with van der Waals surface area (Å²) in [7, 11) is -12.8. The number of carbonyl (C=O) groups excluding carboxylic acids is 1. The monoisotopic (exact) mass is 1320 g/mol. The summed E-state index contributed by atoms with van der Waals surface area (Å²) in [6.45, 7) is 10.1. The van der Waals surface area contributed by atoms with Crippen molar-refractivity contribution in [3.63, 3.8) is 0 Å². The molecule has 6 aromatic carbocycles. The van der Waals surface area contributed by atoms with E-state index >= 15 is 0 Å². The van der Waals surface area contributed by atoms with Crippen LogP contribution in [0.5, 0.6) is 23.0 Å². The summed E-state index contributed by atoms with van der Waals surface area (Å²) in [4.78, 5) is 37.9. The van der Waals surface area contributed by atoms with Crippen molar-refractivity contribution in [3.8, 4) is 23.0 Å². The fraction of sp³-hybridized carbons (Fsp3) is 0.316. The molecule has 0 aliphatic heterocycles. The molecule has 0 saturated heterocycles. The number of carboxylic acids is 2. The molecule has 2 amide bonds. The molecular formula is C57H64N10O19S4. The van der Waals surface area contributed by atoms with Crippen LogP contribution in [-0.2, 0) is 30.4 Å². The number of carbonyl (C=O) groups is 3. The standard InChI is InChI=1S/C57H64N10O19S4/c1-33-25-47(62-66-51-27-37(5)49(31-53(51)85-17-9-21-89(77,78)79)64-60-43-13-11-39(29-41(43)55(68)69)83-15-7-19-87-73)35(3)23-45(33)58-57(72)59-46-24-36(4)48(26-34(46)2)63-67-52-28-38(6)50(32-54(52)86-18-10-22-90(80,81)82)65-61-44-14-12-40(30-42(44)56(70)71)84-16-8-20-88(74,75)76/h11-14,23-32,73H,7-10,15-22H2,1-6H3,(H,68,69)(H,70,71)(H2,58,59,72)(H,74,75,76)(H,77,78,79)(H,80,81,82)/b64-60?,65-61?,66-62?,67-63-. The Kier molecular flexibility index (Phi) is 25.0. The van der Waals surface area contributed by atoms with Gasteiger partial charge in [0.25, 0.3) is 30.4 Å². The van der Waals surface area contributed by atoms with E-state index in [2.05, 4.69) is 51.5 Å². The summed E-state index contributed by atoms with van der Waals surface area (Å²) >= 11 is 0.670. The number of hydrogen-bond donors (Lipinski definition) is 8. The van der Waals surface area contributed by atoms with E-state index in [4.69, 9.17) is 28.1 Å². The summed E-state index contributed by atoms with van der Waals surface area (Å²) in [5.41, 5.74) is 5.48. The lowest BCUT2D eigenvalue weighted by atomic mass is 10.1. The van der Waals surface area contributed by atoms with Crippen LogP contribution in [0.3, 0.4) is 0 Å². The van der Waals surface area contributed by atoms with E-state index in [0.29, 0.717) is 80.3 Å². The minimum atomic E-state index is -4.31. The number of amides is 2. The fourth-order valence-electron chi connectivity index (χ4n) is 8.04. The van der Waals surface area contributed by atoms with Gasteiger partial charge in [-0.2, -0.15) is 45.7 Å². The molecule has 0 aromatic heterocycles. The van der Waals surface area contributed by atoms with Gasteiger partial charge in [0.2, 0.25) is 0 Å². The zero-order valence-corrected chi connectivity index (χ0v) is 52.5. The van der Waals surface area contributed by atoms with Crippen molar-refractivity contribution in [1.29, 1.82) is 0 Å². The first-order valence-corrected chi connectivity index (χ1v) is 32.9. The second-order valence-electron chi connectivity index (χ2n) is 20.0. The third-order valence-corrected chi connectivity index (χ3v) is 15.6. The van der Waals surface area contributed by atoms with Crippen molar-refractivity contribution in [2.24, 2.45) is 40.9 Å². The van der Waals surface area contributed by atoms with Crippen LogP contribution < -0.4 is 29.6 Å². The Balaban J connectivity index is 1.17. The molecule has 0 radical (unpaired) electrons. The molecule has 33 heteroatoms. The van der Waals surface area contributed by atoms with Gasteiger partial charge >= 0.3 is 18.0 Å². The highest BCUT2D eigenvalue weighted by Gasteiger charge is 2.19. The third-order valence-electron chi connectivity index (χ3n) is 12.7. The van der Waals surface area contributed by atoms with Gasteiger partial charge in [-0.3, -0.25) is 13.7 Å². The normalized spacial score (nSPS) is 12.1. The van der Waals surface area contributed by atoms with Gasteiger partial charge in [-0.25, -0.2) is 14.4 Å². The van der Waals surface area contributed by atoms with Gasteiger partial charge in [0, 0.05) is 29.3 Å². The number of azo groups is 4. The van der Waals surface area contributed by atoms with Gasteiger partial charge in [-0.05, 0) is 185 Å². The first-order chi connectivity index (χ1) is 42.4. The minimum absolute atomic E-state index is 0.0254. The molecule has 480 valence electrons. The molecule has 0 aliphatic carbocycles.